The molecule has 0 unspecified atom stereocenters. The number of halogens is 2. The summed E-state index contributed by atoms with van der Waals surface area (Å²) in [5.41, 5.74) is 2.56. The van der Waals surface area contributed by atoms with Crippen LogP contribution in [0.15, 0.2) is 38.8 Å². The van der Waals surface area contributed by atoms with E-state index in [-0.39, 0.29) is 19.0 Å². The molecular weight excluding hydrogens is 421 g/mol. The number of aliphatic hydroxyl groups is 1. The minimum atomic E-state index is 0. The Morgan fingerprint density at radius 2 is 1.70 bits per heavy atom. The van der Waals surface area contributed by atoms with Crippen molar-refractivity contribution in [3.8, 4) is 0 Å². The monoisotopic (exact) mass is 445 g/mol. The van der Waals surface area contributed by atoms with Crippen molar-refractivity contribution in [1.82, 2.24) is 9.80 Å². The molecule has 0 amide bonds. The van der Waals surface area contributed by atoms with Crippen molar-refractivity contribution in [1.29, 1.82) is 0 Å². The van der Waals surface area contributed by atoms with Gasteiger partial charge in [-0.15, -0.1) is 23.7 Å². The number of anilines is 2. The number of rotatable bonds is 6. The first-order valence-corrected chi connectivity index (χ1v) is 11.2. The molecule has 4 nitrogen and oxygen atoms in total. The highest BCUT2D eigenvalue weighted by molar-refractivity contribution is 8.01. The zero-order valence-electron chi connectivity index (χ0n) is 15.1. The van der Waals surface area contributed by atoms with Crippen molar-refractivity contribution < 1.29 is 5.11 Å². The molecule has 0 radical (unpaired) electrons. The average Bonchev–Trinajstić information content (AvgIpc) is 3.11. The second kappa shape index (κ2) is 9.83. The predicted molar refractivity (Wildman–Crippen MR) is 119 cm³/mol. The maximum Gasteiger partial charge on any atom is 0.0884 e. The SMILES string of the molecule is Cl.OCCN1CCN(CCCN2c3cc(Cl)ccc3Sc3sccc32)CC1. The molecule has 1 N–H and O–H groups in total. The smallest absolute Gasteiger partial charge is 0.0884 e. The van der Waals surface area contributed by atoms with E-state index in [1.807, 2.05) is 29.2 Å². The molecule has 0 saturated carbocycles. The van der Waals surface area contributed by atoms with Gasteiger partial charge >= 0.3 is 0 Å². The molecule has 1 aromatic carbocycles. The lowest BCUT2D eigenvalue weighted by molar-refractivity contribution is 0.112. The first-order valence-electron chi connectivity index (χ1n) is 9.12. The molecule has 148 valence electrons. The van der Waals surface area contributed by atoms with Crippen LogP contribution >= 0.6 is 47.1 Å². The summed E-state index contributed by atoms with van der Waals surface area (Å²) in [7, 11) is 0. The van der Waals surface area contributed by atoms with Gasteiger partial charge in [0, 0.05) is 49.2 Å². The molecule has 0 spiro atoms. The highest BCUT2D eigenvalue weighted by Gasteiger charge is 2.25. The van der Waals surface area contributed by atoms with E-state index in [1.165, 1.54) is 20.5 Å². The highest BCUT2D eigenvalue weighted by Crippen LogP contribution is 2.51. The van der Waals surface area contributed by atoms with Crippen LogP contribution in [0.4, 0.5) is 11.4 Å². The Labute approximate surface area is 180 Å². The van der Waals surface area contributed by atoms with E-state index in [0.717, 1.165) is 57.3 Å². The number of aliphatic hydroxyl groups excluding tert-OH is 1. The van der Waals surface area contributed by atoms with Crippen molar-refractivity contribution in [3.63, 3.8) is 0 Å². The Kier molecular flexibility index (Phi) is 7.74. The van der Waals surface area contributed by atoms with Gasteiger partial charge in [0.15, 0.2) is 0 Å². The summed E-state index contributed by atoms with van der Waals surface area (Å²) in [6, 6.07) is 8.44. The van der Waals surface area contributed by atoms with E-state index in [9.17, 15) is 0 Å². The molecule has 1 saturated heterocycles. The van der Waals surface area contributed by atoms with Crippen molar-refractivity contribution in [2.45, 2.75) is 15.5 Å². The van der Waals surface area contributed by atoms with E-state index in [1.54, 1.807) is 0 Å². The average molecular weight is 446 g/mol. The van der Waals surface area contributed by atoms with Crippen molar-refractivity contribution >= 4 is 58.5 Å². The molecule has 4 rings (SSSR count). The topological polar surface area (TPSA) is 30.0 Å². The van der Waals surface area contributed by atoms with Gasteiger partial charge in [-0.2, -0.15) is 0 Å². The molecule has 0 aliphatic carbocycles. The summed E-state index contributed by atoms with van der Waals surface area (Å²) in [4.78, 5) is 8.61. The molecule has 3 heterocycles. The molecular formula is C19H25Cl2N3OS2. The third-order valence-electron chi connectivity index (χ3n) is 5.05. The lowest BCUT2D eigenvalue weighted by Gasteiger charge is -2.35. The van der Waals surface area contributed by atoms with Crippen LogP contribution in [0, 0.1) is 0 Å². The van der Waals surface area contributed by atoms with Crippen LogP contribution in [0.25, 0.3) is 0 Å². The molecule has 8 heteroatoms. The summed E-state index contributed by atoms with van der Waals surface area (Å²) in [6.07, 6.45) is 1.13. The highest BCUT2D eigenvalue weighted by atomic mass is 35.5. The minimum absolute atomic E-state index is 0. The quantitative estimate of drug-likeness (QED) is 0.710. The predicted octanol–water partition coefficient (Wildman–Crippen LogP) is 4.43. The van der Waals surface area contributed by atoms with Crippen LogP contribution in [0.3, 0.4) is 0 Å². The third kappa shape index (κ3) is 4.93. The van der Waals surface area contributed by atoms with Crippen molar-refractivity contribution in [2.75, 3.05) is 57.3 Å². The van der Waals surface area contributed by atoms with Crippen LogP contribution in [0.1, 0.15) is 6.42 Å². The fourth-order valence-corrected chi connectivity index (χ4v) is 5.96. The molecule has 27 heavy (non-hydrogen) atoms. The maximum absolute atomic E-state index is 9.06. The van der Waals surface area contributed by atoms with E-state index >= 15 is 0 Å². The molecule has 2 aliphatic heterocycles. The zero-order chi connectivity index (χ0) is 17.9. The maximum atomic E-state index is 9.06. The van der Waals surface area contributed by atoms with Gasteiger partial charge in [0.25, 0.3) is 0 Å². The van der Waals surface area contributed by atoms with E-state index < -0.39 is 0 Å². The number of benzene rings is 1. The summed E-state index contributed by atoms with van der Waals surface area (Å²) in [5.74, 6) is 0. The Morgan fingerprint density at radius 3 is 2.44 bits per heavy atom. The Balaban J connectivity index is 0.00000210. The summed E-state index contributed by atoms with van der Waals surface area (Å²) in [5, 5.41) is 12.0. The van der Waals surface area contributed by atoms with Gasteiger partial charge < -0.3 is 14.9 Å². The molecule has 1 aromatic heterocycles. The Morgan fingerprint density at radius 1 is 0.963 bits per heavy atom. The first-order chi connectivity index (χ1) is 12.7. The van der Waals surface area contributed by atoms with Crippen molar-refractivity contribution in [2.24, 2.45) is 0 Å². The molecule has 2 aromatic rings. The van der Waals surface area contributed by atoms with Crippen LogP contribution in [-0.2, 0) is 0 Å². The van der Waals surface area contributed by atoms with Crippen molar-refractivity contribution in [3.05, 3.63) is 34.7 Å². The summed E-state index contributed by atoms with van der Waals surface area (Å²) in [6.45, 7) is 7.52. The third-order valence-corrected chi connectivity index (χ3v) is 7.48. The van der Waals surface area contributed by atoms with Gasteiger partial charge in [0.2, 0.25) is 0 Å². The number of piperazine rings is 1. The number of hydrogen-bond donors (Lipinski definition) is 1. The number of hydrogen-bond acceptors (Lipinski definition) is 6. The zero-order valence-corrected chi connectivity index (χ0v) is 18.3. The Hall–Kier alpha value is -0.470. The Bertz CT molecular complexity index is 750. The van der Waals surface area contributed by atoms with Crippen LogP contribution < -0.4 is 4.90 Å². The van der Waals surface area contributed by atoms with Gasteiger partial charge in [0.05, 0.1) is 22.2 Å². The standard InChI is InChI=1S/C19H24ClN3OS2.ClH/c20-15-2-3-18-17(14-15)23(16-4-13-25-19(16)26-18)6-1-5-21-7-9-22(10-8-21)11-12-24;/h2-4,13-14,24H,1,5-12H2;1H. The molecule has 2 aliphatic rings. The van der Waals surface area contributed by atoms with Crippen LogP contribution in [0.5, 0.6) is 0 Å². The van der Waals surface area contributed by atoms with Gasteiger partial charge in [-0.25, -0.2) is 0 Å². The molecule has 0 atom stereocenters. The fourth-order valence-electron chi connectivity index (χ4n) is 3.65. The first kappa shape index (κ1) is 21.2. The number of thiophene rings is 1. The normalized spacial score (nSPS) is 17.3. The van der Waals surface area contributed by atoms with Crippen LogP contribution in [0.2, 0.25) is 5.02 Å². The molecule has 1 fully saturated rings. The summed E-state index contributed by atoms with van der Waals surface area (Å²) >= 11 is 9.94. The lowest BCUT2D eigenvalue weighted by atomic mass is 10.2. The largest absolute Gasteiger partial charge is 0.395 e. The van der Waals surface area contributed by atoms with E-state index in [4.69, 9.17) is 16.7 Å². The second-order valence-corrected chi connectivity index (χ2v) is 9.38. The lowest BCUT2D eigenvalue weighted by Crippen LogP contribution is -2.47. The number of fused-ring (bicyclic) bond motifs is 2. The van der Waals surface area contributed by atoms with Crippen LogP contribution in [-0.4, -0.2) is 67.3 Å². The van der Waals surface area contributed by atoms with Gasteiger partial charge in [-0.1, -0.05) is 23.4 Å². The van der Waals surface area contributed by atoms with Gasteiger partial charge in [0.1, 0.15) is 0 Å². The van der Waals surface area contributed by atoms with Gasteiger partial charge in [-0.3, -0.25) is 4.90 Å². The van der Waals surface area contributed by atoms with Gasteiger partial charge in [-0.05, 0) is 42.6 Å². The number of nitrogens with zero attached hydrogens (tertiary/aromatic N) is 3. The minimum Gasteiger partial charge on any atom is -0.395 e. The van der Waals surface area contributed by atoms with E-state index in [2.05, 4.69) is 38.3 Å². The number of β-amino-alcohol motifs (C(OH)–C–C–N with tert-alkyl or cyclic N) is 1. The summed E-state index contributed by atoms with van der Waals surface area (Å²) < 4.78 is 1.37. The second-order valence-electron chi connectivity index (χ2n) is 6.72. The fraction of sp³-hybridized carbons (Fsp3) is 0.474. The van der Waals surface area contributed by atoms with E-state index in [0.29, 0.717) is 0 Å². The molecule has 0 bridgehead atoms.